The van der Waals surface area contributed by atoms with Crippen molar-refractivity contribution in [2.45, 2.75) is 25.8 Å². The first-order valence-corrected chi connectivity index (χ1v) is 9.14. The number of urea groups is 1. The SMILES string of the molecule is Cc1nnc(NC(=O)N2CCC[C@@H]2C(=O)Nc2cc(Cl)cc(Cl)c2)s1. The summed E-state index contributed by atoms with van der Waals surface area (Å²) in [5.41, 5.74) is 0.495. The Morgan fingerprint density at radius 1 is 1.20 bits per heavy atom. The van der Waals surface area contributed by atoms with Gasteiger partial charge in [-0.05, 0) is 38.0 Å². The third kappa shape index (κ3) is 4.39. The lowest BCUT2D eigenvalue weighted by molar-refractivity contribution is -0.119. The largest absolute Gasteiger partial charge is 0.324 e. The zero-order valence-corrected chi connectivity index (χ0v) is 15.6. The number of halogens is 2. The molecule has 25 heavy (non-hydrogen) atoms. The number of likely N-dealkylation sites (tertiary alicyclic amines) is 1. The third-order valence-corrected chi connectivity index (χ3v) is 4.88. The van der Waals surface area contributed by atoms with Crippen LogP contribution >= 0.6 is 34.5 Å². The van der Waals surface area contributed by atoms with Crippen LogP contribution in [0.15, 0.2) is 18.2 Å². The Bertz CT molecular complexity index is 793. The molecule has 1 aliphatic rings. The molecule has 0 aliphatic carbocycles. The lowest BCUT2D eigenvalue weighted by atomic mass is 10.2. The predicted octanol–water partition coefficient (Wildman–Crippen LogP) is 3.79. The molecule has 1 aromatic heterocycles. The smallest absolute Gasteiger partial charge is 0.324 e. The van der Waals surface area contributed by atoms with Gasteiger partial charge in [-0.25, -0.2) is 4.79 Å². The summed E-state index contributed by atoms with van der Waals surface area (Å²) in [6.07, 6.45) is 1.33. The van der Waals surface area contributed by atoms with Gasteiger partial charge in [0.25, 0.3) is 0 Å². The number of hydrogen-bond donors (Lipinski definition) is 2. The van der Waals surface area contributed by atoms with Gasteiger partial charge in [-0.15, -0.1) is 10.2 Å². The fourth-order valence-electron chi connectivity index (χ4n) is 2.64. The fraction of sp³-hybridized carbons (Fsp3) is 0.333. The minimum atomic E-state index is -0.563. The van der Waals surface area contributed by atoms with Crippen molar-refractivity contribution in [2.24, 2.45) is 0 Å². The molecule has 0 spiro atoms. The molecule has 1 saturated heterocycles. The molecule has 3 amide bonds. The van der Waals surface area contributed by atoms with Crippen molar-refractivity contribution in [3.8, 4) is 0 Å². The molecule has 7 nitrogen and oxygen atoms in total. The zero-order valence-electron chi connectivity index (χ0n) is 13.3. The van der Waals surface area contributed by atoms with Crippen LogP contribution in [-0.4, -0.2) is 39.6 Å². The Hall–Kier alpha value is -1.90. The number of rotatable bonds is 3. The summed E-state index contributed by atoms with van der Waals surface area (Å²) in [5.74, 6) is -0.278. The van der Waals surface area contributed by atoms with Gasteiger partial charge in [-0.3, -0.25) is 10.1 Å². The van der Waals surface area contributed by atoms with Crippen LogP contribution in [0, 0.1) is 6.92 Å². The average Bonchev–Trinajstić information content (AvgIpc) is 3.15. The normalized spacial score (nSPS) is 16.8. The van der Waals surface area contributed by atoms with E-state index in [1.165, 1.54) is 16.2 Å². The summed E-state index contributed by atoms with van der Waals surface area (Å²) in [4.78, 5) is 26.5. The highest BCUT2D eigenvalue weighted by Crippen LogP contribution is 2.25. The van der Waals surface area contributed by atoms with Crippen molar-refractivity contribution in [1.82, 2.24) is 15.1 Å². The van der Waals surface area contributed by atoms with E-state index < -0.39 is 6.04 Å². The van der Waals surface area contributed by atoms with Gasteiger partial charge >= 0.3 is 6.03 Å². The fourth-order valence-corrected chi connectivity index (χ4v) is 3.75. The van der Waals surface area contributed by atoms with Gasteiger partial charge in [0.15, 0.2) is 0 Å². The highest BCUT2D eigenvalue weighted by atomic mass is 35.5. The molecule has 1 aromatic carbocycles. The minimum absolute atomic E-state index is 0.278. The van der Waals surface area contributed by atoms with E-state index >= 15 is 0 Å². The number of aromatic nitrogens is 2. The summed E-state index contributed by atoms with van der Waals surface area (Å²) in [6, 6.07) is 3.87. The average molecular weight is 400 g/mol. The number of nitrogens with zero attached hydrogens (tertiary/aromatic N) is 3. The zero-order chi connectivity index (χ0) is 18.0. The number of anilines is 2. The van der Waals surface area contributed by atoms with Crippen LogP contribution in [0.25, 0.3) is 0 Å². The maximum absolute atomic E-state index is 12.6. The summed E-state index contributed by atoms with van der Waals surface area (Å²) in [6.45, 7) is 2.30. The predicted molar refractivity (Wildman–Crippen MR) is 98.5 cm³/mol. The molecule has 1 fully saturated rings. The molecule has 2 N–H and O–H groups in total. The first-order valence-electron chi connectivity index (χ1n) is 7.57. The van der Waals surface area contributed by atoms with Gasteiger partial charge in [0.2, 0.25) is 11.0 Å². The summed E-state index contributed by atoms with van der Waals surface area (Å²) in [5, 5.41) is 15.2. The molecule has 10 heteroatoms. The van der Waals surface area contributed by atoms with Crippen LogP contribution in [-0.2, 0) is 4.79 Å². The van der Waals surface area contributed by atoms with Crippen LogP contribution in [0.4, 0.5) is 15.6 Å². The number of nitrogens with one attached hydrogen (secondary N) is 2. The van der Waals surface area contributed by atoms with E-state index in [0.29, 0.717) is 33.8 Å². The quantitative estimate of drug-likeness (QED) is 0.821. The lowest BCUT2D eigenvalue weighted by Gasteiger charge is -2.23. The van der Waals surface area contributed by atoms with Crippen molar-refractivity contribution in [1.29, 1.82) is 0 Å². The van der Waals surface area contributed by atoms with Crippen molar-refractivity contribution < 1.29 is 9.59 Å². The van der Waals surface area contributed by atoms with Gasteiger partial charge in [0, 0.05) is 22.3 Å². The number of carbonyl (C=O) groups is 2. The molecule has 2 heterocycles. The molecular formula is C15H15Cl2N5O2S. The maximum Gasteiger partial charge on any atom is 0.324 e. The topological polar surface area (TPSA) is 87.2 Å². The molecule has 2 aromatic rings. The van der Waals surface area contributed by atoms with E-state index in [0.717, 1.165) is 11.4 Å². The lowest BCUT2D eigenvalue weighted by Crippen LogP contribution is -2.45. The highest BCUT2D eigenvalue weighted by molar-refractivity contribution is 7.15. The summed E-state index contributed by atoms with van der Waals surface area (Å²) in [7, 11) is 0. The molecule has 1 atom stereocenters. The second-order valence-corrected chi connectivity index (χ2v) is 7.61. The Balaban J connectivity index is 1.67. The molecule has 0 saturated carbocycles. The van der Waals surface area contributed by atoms with E-state index in [1.807, 2.05) is 0 Å². The summed E-state index contributed by atoms with van der Waals surface area (Å²) >= 11 is 13.2. The number of benzene rings is 1. The van der Waals surface area contributed by atoms with Crippen LogP contribution < -0.4 is 10.6 Å². The van der Waals surface area contributed by atoms with Crippen molar-refractivity contribution in [3.05, 3.63) is 33.3 Å². The Morgan fingerprint density at radius 2 is 1.92 bits per heavy atom. The molecule has 0 radical (unpaired) electrons. The standard InChI is InChI=1S/C15H15Cl2N5O2S/c1-8-20-21-14(25-8)19-15(24)22-4-2-3-12(22)13(23)18-11-6-9(16)5-10(17)7-11/h5-7,12H,2-4H2,1H3,(H,18,23)(H,19,21,24)/t12-/m1/s1. The number of amides is 3. The van der Waals surface area contributed by atoms with Crippen molar-refractivity contribution in [3.63, 3.8) is 0 Å². The second kappa shape index (κ2) is 7.55. The molecule has 1 aliphatic heterocycles. The first kappa shape index (κ1) is 17.9. The number of carbonyl (C=O) groups excluding carboxylic acids is 2. The van der Waals surface area contributed by atoms with Crippen molar-refractivity contribution in [2.75, 3.05) is 17.2 Å². The molecule has 0 unspecified atom stereocenters. The van der Waals surface area contributed by atoms with E-state index in [2.05, 4.69) is 20.8 Å². The Morgan fingerprint density at radius 3 is 2.56 bits per heavy atom. The van der Waals surface area contributed by atoms with Crippen LogP contribution in [0.2, 0.25) is 10.0 Å². The Labute approximate surface area is 158 Å². The van der Waals surface area contributed by atoms with Gasteiger partial charge in [0.1, 0.15) is 11.0 Å². The van der Waals surface area contributed by atoms with Gasteiger partial charge < -0.3 is 10.2 Å². The third-order valence-electron chi connectivity index (χ3n) is 3.69. The van der Waals surface area contributed by atoms with E-state index in [4.69, 9.17) is 23.2 Å². The van der Waals surface area contributed by atoms with Gasteiger partial charge in [-0.1, -0.05) is 34.5 Å². The minimum Gasteiger partial charge on any atom is -0.324 e. The van der Waals surface area contributed by atoms with Gasteiger partial charge in [0.05, 0.1) is 0 Å². The van der Waals surface area contributed by atoms with E-state index in [9.17, 15) is 9.59 Å². The van der Waals surface area contributed by atoms with E-state index in [1.54, 1.807) is 25.1 Å². The van der Waals surface area contributed by atoms with Crippen molar-refractivity contribution >= 4 is 57.3 Å². The monoisotopic (exact) mass is 399 g/mol. The summed E-state index contributed by atoms with van der Waals surface area (Å²) < 4.78 is 0. The number of aryl methyl sites for hydroxylation is 1. The number of hydrogen-bond acceptors (Lipinski definition) is 5. The van der Waals surface area contributed by atoms with Crippen LogP contribution in [0.1, 0.15) is 17.8 Å². The molecule has 3 rings (SSSR count). The second-order valence-electron chi connectivity index (χ2n) is 5.56. The molecule has 0 bridgehead atoms. The Kier molecular flexibility index (Phi) is 5.41. The van der Waals surface area contributed by atoms with Gasteiger partial charge in [-0.2, -0.15) is 0 Å². The first-order chi connectivity index (χ1) is 11.9. The molecule has 132 valence electrons. The highest BCUT2D eigenvalue weighted by Gasteiger charge is 2.34. The van der Waals surface area contributed by atoms with Crippen LogP contribution in [0.5, 0.6) is 0 Å². The van der Waals surface area contributed by atoms with Crippen LogP contribution in [0.3, 0.4) is 0 Å². The maximum atomic E-state index is 12.6. The van der Waals surface area contributed by atoms with E-state index in [-0.39, 0.29) is 11.9 Å². The molecular weight excluding hydrogens is 385 g/mol.